The zero-order valence-electron chi connectivity index (χ0n) is 15.2. The molecule has 5 heteroatoms. The van der Waals surface area contributed by atoms with Gasteiger partial charge in [-0.1, -0.05) is 36.4 Å². The van der Waals surface area contributed by atoms with Gasteiger partial charge in [0.25, 0.3) is 0 Å². The number of hydrogen-bond donors (Lipinski definition) is 3. The smallest absolute Gasteiger partial charge is 0.132 e. The molecule has 140 valence electrons. The summed E-state index contributed by atoms with van der Waals surface area (Å²) in [6.07, 6.45) is 5.93. The Labute approximate surface area is 162 Å². The summed E-state index contributed by atoms with van der Waals surface area (Å²) in [6.45, 7) is 0.810. The lowest BCUT2D eigenvalue weighted by Gasteiger charge is -2.25. The summed E-state index contributed by atoms with van der Waals surface area (Å²) >= 11 is -0.886. The number of H-pyrrole nitrogens is 1. The number of fused-ring (bicyclic) bond motifs is 1. The van der Waals surface area contributed by atoms with E-state index in [1.165, 1.54) is 5.57 Å². The van der Waals surface area contributed by atoms with Gasteiger partial charge in [-0.15, -0.1) is 0 Å². The van der Waals surface area contributed by atoms with Crippen molar-refractivity contribution < 1.29 is 9.66 Å². The molecule has 3 N–H and O–H groups in total. The van der Waals surface area contributed by atoms with Crippen LogP contribution in [0, 0.1) is 0 Å². The van der Waals surface area contributed by atoms with Gasteiger partial charge in [0.2, 0.25) is 0 Å². The number of rotatable bonds is 6. The molecule has 1 aliphatic rings. The molecule has 4 rings (SSSR count). The molecule has 2 unspecified atom stereocenters. The summed E-state index contributed by atoms with van der Waals surface area (Å²) in [4.78, 5) is 3.25. The second-order valence-corrected chi connectivity index (χ2v) is 8.60. The fraction of sp³-hybridized carbons (Fsp3) is 0.273. The third-order valence-corrected chi connectivity index (χ3v) is 6.45. The van der Waals surface area contributed by atoms with Gasteiger partial charge >= 0.3 is 0 Å². The molecule has 27 heavy (non-hydrogen) atoms. The summed E-state index contributed by atoms with van der Waals surface area (Å²) in [5, 5.41) is 14.4. The summed E-state index contributed by atoms with van der Waals surface area (Å²) in [5.41, 5.74) is 4.54. The molecule has 3 aromatic rings. The van der Waals surface area contributed by atoms with E-state index in [4.69, 9.17) is 0 Å². The minimum atomic E-state index is -0.886. The maximum Gasteiger partial charge on any atom is 0.132 e. The Morgan fingerprint density at radius 2 is 2.04 bits per heavy atom. The Bertz CT molecular complexity index is 950. The SMILES string of the molecule is [O-][S+](CCC1CC(c2cccc(O)c2)=CCN1)Cc1c[nH]c2ccccc12. The molecule has 2 heterocycles. The molecule has 4 nitrogen and oxygen atoms in total. The summed E-state index contributed by atoms with van der Waals surface area (Å²) < 4.78 is 12.6. The standard InChI is InChI=1S/C22H24N2O2S/c25-20-5-3-4-16(13-20)17-8-10-23-19(12-17)9-11-27(26)15-18-14-24-22-7-2-1-6-21(18)22/h1-8,13-14,19,23-25H,9-12,15H2. The van der Waals surface area contributed by atoms with Crippen molar-refractivity contribution in [2.24, 2.45) is 0 Å². The normalized spacial score (nSPS) is 18.4. The zero-order chi connectivity index (χ0) is 18.6. The molecule has 0 radical (unpaired) electrons. The van der Waals surface area contributed by atoms with Crippen LogP contribution in [0.3, 0.4) is 0 Å². The number of aromatic nitrogens is 1. The van der Waals surface area contributed by atoms with Crippen LogP contribution < -0.4 is 5.32 Å². The fourth-order valence-corrected chi connectivity index (χ4v) is 4.96. The van der Waals surface area contributed by atoms with Gasteiger partial charge < -0.3 is 20.0 Å². The fourth-order valence-electron chi connectivity index (χ4n) is 3.69. The van der Waals surface area contributed by atoms with E-state index >= 15 is 0 Å². The van der Waals surface area contributed by atoms with E-state index in [1.54, 1.807) is 6.07 Å². The van der Waals surface area contributed by atoms with Gasteiger partial charge in [0.1, 0.15) is 17.3 Å². The summed E-state index contributed by atoms with van der Waals surface area (Å²) in [7, 11) is 0. The van der Waals surface area contributed by atoms with Crippen molar-refractivity contribution in [3.8, 4) is 5.75 Å². The van der Waals surface area contributed by atoms with E-state index in [2.05, 4.69) is 22.4 Å². The lowest BCUT2D eigenvalue weighted by molar-refractivity contribution is 0.475. The first-order valence-electron chi connectivity index (χ1n) is 9.31. The maximum absolute atomic E-state index is 12.6. The van der Waals surface area contributed by atoms with Crippen LogP contribution in [0.2, 0.25) is 0 Å². The molecular formula is C22H24N2O2S. The third kappa shape index (κ3) is 4.38. The number of nitrogens with one attached hydrogen (secondary N) is 2. The van der Waals surface area contributed by atoms with Crippen LogP contribution >= 0.6 is 0 Å². The molecule has 0 spiro atoms. The number of phenolic OH excluding ortho intramolecular Hbond substituents is 1. The Hall–Kier alpha value is -2.21. The first-order valence-corrected chi connectivity index (χ1v) is 10.8. The van der Waals surface area contributed by atoms with Gasteiger partial charge in [-0.25, -0.2) is 0 Å². The highest BCUT2D eigenvalue weighted by molar-refractivity contribution is 7.90. The van der Waals surface area contributed by atoms with Crippen LogP contribution in [0.15, 0.2) is 60.8 Å². The zero-order valence-corrected chi connectivity index (χ0v) is 16.0. The molecule has 1 aromatic heterocycles. The highest BCUT2D eigenvalue weighted by Gasteiger charge is 2.19. The molecular weight excluding hydrogens is 356 g/mol. The molecule has 0 saturated carbocycles. The minimum absolute atomic E-state index is 0.295. The molecule has 0 bridgehead atoms. The second kappa shape index (κ2) is 8.21. The average molecular weight is 381 g/mol. The number of benzene rings is 2. The van der Waals surface area contributed by atoms with E-state index in [9.17, 15) is 9.66 Å². The number of hydrogen-bond acceptors (Lipinski definition) is 3. The Morgan fingerprint density at radius 1 is 1.15 bits per heavy atom. The van der Waals surface area contributed by atoms with Crippen LogP contribution in [0.5, 0.6) is 5.75 Å². The van der Waals surface area contributed by atoms with E-state index in [0.29, 0.717) is 23.3 Å². The quantitative estimate of drug-likeness (QED) is 0.567. The lowest BCUT2D eigenvalue weighted by atomic mass is 9.94. The Balaban J connectivity index is 1.33. The number of aromatic hydroxyl groups is 1. The van der Waals surface area contributed by atoms with Crippen molar-refractivity contribution in [1.29, 1.82) is 0 Å². The maximum atomic E-state index is 12.6. The third-order valence-electron chi connectivity index (χ3n) is 5.12. The van der Waals surface area contributed by atoms with Crippen molar-refractivity contribution >= 4 is 27.7 Å². The van der Waals surface area contributed by atoms with Crippen molar-refractivity contribution in [3.05, 3.63) is 71.9 Å². The van der Waals surface area contributed by atoms with Crippen LogP contribution in [0.1, 0.15) is 24.0 Å². The average Bonchev–Trinajstić information content (AvgIpc) is 3.10. The van der Waals surface area contributed by atoms with Crippen molar-refractivity contribution in [1.82, 2.24) is 10.3 Å². The van der Waals surface area contributed by atoms with Crippen molar-refractivity contribution in [2.75, 3.05) is 12.3 Å². The Morgan fingerprint density at radius 3 is 2.93 bits per heavy atom. The second-order valence-electron chi connectivity index (χ2n) is 7.03. The van der Waals surface area contributed by atoms with E-state index < -0.39 is 11.2 Å². The monoisotopic (exact) mass is 380 g/mol. The lowest BCUT2D eigenvalue weighted by Crippen LogP contribution is -2.34. The molecule has 0 saturated heterocycles. The highest BCUT2D eigenvalue weighted by Crippen LogP contribution is 2.27. The van der Waals surface area contributed by atoms with Gasteiger partial charge in [0, 0.05) is 41.7 Å². The molecule has 2 aromatic carbocycles. The predicted octanol–water partition coefficient (Wildman–Crippen LogP) is 3.96. The van der Waals surface area contributed by atoms with E-state index in [0.717, 1.165) is 41.4 Å². The molecule has 1 aliphatic heterocycles. The molecule has 0 aliphatic carbocycles. The van der Waals surface area contributed by atoms with Crippen LogP contribution in [0.4, 0.5) is 0 Å². The van der Waals surface area contributed by atoms with Crippen molar-refractivity contribution in [2.45, 2.75) is 24.6 Å². The Kier molecular flexibility index (Phi) is 5.53. The van der Waals surface area contributed by atoms with E-state index in [-0.39, 0.29) is 0 Å². The summed E-state index contributed by atoms with van der Waals surface area (Å²) in [5.74, 6) is 1.57. The van der Waals surface area contributed by atoms with Crippen LogP contribution in [-0.4, -0.2) is 33.0 Å². The van der Waals surface area contributed by atoms with Gasteiger partial charge in [0.05, 0.1) is 0 Å². The molecule has 0 amide bonds. The van der Waals surface area contributed by atoms with Gasteiger partial charge in [0.15, 0.2) is 0 Å². The van der Waals surface area contributed by atoms with Gasteiger partial charge in [-0.05, 0) is 46.9 Å². The first-order chi connectivity index (χ1) is 13.2. The highest BCUT2D eigenvalue weighted by atomic mass is 32.2. The predicted molar refractivity (Wildman–Crippen MR) is 112 cm³/mol. The van der Waals surface area contributed by atoms with Crippen LogP contribution in [0.25, 0.3) is 16.5 Å². The minimum Gasteiger partial charge on any atom is -0.616 e. The molecule has 2 atom stereocenters. The number of phenols is 1. The number of aromatic amines is 1. The van der Waals surface area contributed by atoms with E-state index in [1.807, 2.05) is 42.6 Å². The van der Waals surface area contributed by atoms with Crippen molar-refractivity contribution in [3.63, 3.8) is 0 Å². The van der Waals surface area contributed by atoms with Gasteiger partial charge in [-0.2, -0.15) is 0 Å². The summed E-state index contributed by atoms with van der Waals surface area (Å²) in [6, 6.07) is 15.9. The first kappa shape index (κ1) is 18.2. The topological polar surface area (TPSA) is 71.1 Å². The number of para-hydroxylation sites is 1. The van der Waals surface area contributed by atoms with Crippen LogP contribution in [-0.2, 0) is 16.9 Å². The largest absolute Gasteiger partial charge is 0.616 e. The van der Waals surface area contributed by atoms with Gasteiger partial charge in [-0.3, -0.25) is 0 Å². The molecule has 0 fully saturated rings.